The second kappa shape index (κ2) is 15.5. The van der Waals surface area contributed by atoms with Crippen molar-refractivity contribution in [2.24, 2.45) is 4.99 Å². The molecule has 0 atom stereocenters. The van der Waals surface area contributed by atoms with Gasteiger partial charge in [-0.1, -0.05) is 71.2 Å². The van der Waals surface area contributed by atoms with Gasteiger partial charge in [0, 0.05) is 15.1 Å². The lowest BCUT2D eigenvalue weighted by atomic mass is 10.2. The lowest BCUT2D eigenvalue weighted by Gasteiger charge is -2.04. The molecule has 6 nitrogen and oxygen atoms in total. The number of rotatable bonds is 3. The first-order valence-corrected chi connectivity index (χ1v) is 14.1. The predicted octanol–water partition coefficient (Wildman–Crippen LogP) is 8.72. The summed E-state index contributed by atoms with van der Waals surface area (Å²) >= 11 is 17.6. The number of halogens is 3. The molecule has 0 saturated heterocycles. The van der Waals surface area contributed by atoms with E-state index in [-0.39, 0.29) is 11.1 Å². The second-order valence-corrected chi connectivity index (χ2v) is 10.2. The largest absolute Gasteiger partial charge is 0.338 e. The summed E-state index contributed by atoms with van der Waals surface area (Å²) in [7, 11) is 0. The van der Waals surface area contributed by atoms with Crippen LogP contribution in [0.1, 0.15) is 17.8 Å². The van der Waals surface area contributed by atoms with Crippen molar-refractivity contribution in [2.75, 3.05) is 0 Å². The third kappa shape index (κ3) is 8.65. The molecule has 1 heterocycles. The fraction of sp³-hybridized carbons (Fsp3) is 0.0294. The standard InChI is InChI=1S/C20H14Cl2N2O.C7H4ClNO.C7H6O/c21-14-6-10-16(11-7-14)23-18-4-2-1-3-5-19(18)24(20(23)25)17-12-8-15(22)9-13-17;8-6-1-3-7(4-2-6)9-5-10;8-7-5-3-1-2-4-6-7/h2-13H,1H2;1-4H;1-6H. The maximum absolute atomic E-state index is 13.2. The van der Waals surface area contributed by atoms with Crippen LogP contribution in [0, 0.1) is 0 Å². The first kappa shape index (κ1) is 31.2. The zero-order valence-corrected chi connectivity index (χ0v) is 24.9. The van der Waals surface area contributed by atoms with Crippen molar-refractivity contribution in [2.45, 2.75) is 6.42 Å². The van der Waals surface area contributed by atoms with Crippen LogP contribution in [-0.4, -0.2) is 15.2 Å². The summed E-state index contributed by atoms with van der Waals surface area (Å²) < 4.78 is 3.40. The summed E-state index contributed by atoms with van der Waals surface area (Å²) in [5.74, 6) is 0. The molecular weight excluding hydrogens is 605 g/mol. The molecule has 0 amide bonds. The molecule has 5 aromatic rings. The van der Waals surface area contributed by atoms with Crippen LogP contribution < -0.4 is 11.1 Å². The first-order valence-electron chi connectivity index (χ1n) is 13.0. The van der Waals surface area contributed by atoms with Crippen molar-refractivity contribution >= 4 is 58.7 Å². The summed E-state index contributed by atoms with van der Waals surface area (Å²) in [5.41, 5.74) is 3.73. The van der Waals surface area contributed by atoms with Crippen LogP contribution in [0.25, 0.3) is 23.5 Å². The van der Waals surface area contributed by atoms with Crippen molar-refractivity contribution < 1.29 is 4.79 Å². The molecule has 0 radical (unpaired) electrons. The van der Waals surface area contributed by atoms with Crippen molar-refractivity contribution in [1.29, 1.82) is 0 Å². The Morgan fingerprint density at radius 3 is 1.42 bits per heavy atom. The number of hydrogen-bond donors (Lipinski definition) is 0. The van der Waals surface area contributed by atoms with Gasteiger partial charge in [0.2, 0.25) is 6.08 Å². The van der Waals surface area contributed by atoms with Gasteiger partial charge in [-0.25, -0.2) is 9.59 Å². The number of aromatic nitrogens is 2. The molecule has 6 rings (SSSR count). The van der Waals surface area contributed by atoms with Crippen LogP contribution in [0.4, 0.5) is 5.69 Å². The summed E-state index contributed by atoms with van der Waals surface area (Å²) in [6, 6.07) is 31.3. The van der Waals surface area contributed by atoms with E-state index >= 15 is 0 Å². The van der Waals surface area contributed by atoms with E-state index in [1.165, 1.54) is 18.2 Å². The quantitative estimate of drug-likeness (QED) is 0.148. The maximum Gasteiger partial charge on any atom is 0.338 e. The van der Waals surface area contributed by atoms with Gasteiger partial charge in [0.1, 0.15) is 0 Å². The highest BCUT2D eigenvalue weighted by atomic mass is 35.5. The van der Waals surface area contributed by atoms with E-state index in [2.05, 4.69) is 4.99 Å². The number of nitrogens with zero attached hydrogens (tertiary/aromatic N) is 3. The maximum atomic E-state index is 13.2. The SMILES string of the molecule is O=C=Nc1ccc(Cl)cc1.O=c1cccccc1.O=c1n(-c2ccc(Cl)cc2)c2c(n1-c1ccc(Cl)cc1)C=CCC=C2. The lowest BCUT2D eigenvalue weighted by Crippen LogP contribution is -2.23. The van der Waals surface area contributed by atoms with Crippen LogP contribution in [0.3, 0.4) is 0 Å². The Balaban J connectivity index is 0.000000192. The zero-order chi connectivity index (χ0) is 30.6. The van der Waals surface area contributed by atoms with Crippen LogP contribution in [0.5, 0.6) is 0 Å². The number of isocyanates is 1. The highest BCUT2D eigenvalue weighted by molar-refractivity contribution is 6.31. The topological polar surface area (TPSA) is 73.4 Å². The van der Waals surface area contributed by atoms with Gasteiger partial charge in [0.15, 0.2) is 5.43 Å². The highest BCUT2D eigenvalue weighted by Crippen LogP contribution is 2.24. The van der Waals surface area contributed by atoms with Gasteiger partial charge in [-0.3, -0.25) is 13.9 Å². The number of imidazole rings is 1. The molecule has 0 N–H and O–H groups in total. The average Bonchev–Trinajstić information content (AvgIpc) is 3.24. The molecular formula is C34H24Cl3N3O3. The summed E-state index contributed by atoms with van der Waals surface area (Å²) in [6.07, 6.45) is 10.3. The lowest BCUT2D eigenvalue weighted by molar-refractivity contribution is 0.565. The minimum Gasteiger partial charge on any atom is -0.290 e. The normalized spacial score (nSPS) is 11.0. The molecule has 214 valence electrons. The van der Waals surface area contributed by atoms with Crippen molar-refractivity contribution in [1.82, 2.24) is 9.13 Å². The van der Waals surface area contributed by atoms with E-state index in [4.69, 9.17) is 34.8 Å². The third-order valence-corrected chi connectivity index (χ3v) is 6.73. The number of carbonyl (C=O) groups excluding carboxylic acids is 1. The molecule has 0 aliphatic heterocycles. The Kier molecular flexibility index (Phi) is 11.3. The van der Waals surface area contributed by atoms with Crippen molar-refractivity contribution in [3.8, 4) is 11.4 Å². The predicted molar refractivity (Wildman–Crippen MR) is 176 cm³/mol. The van der Waals surface area contributed by atoms with E-state index < -0.39 is 0 Å². The molecule has 0 bridgehead atoms. The van der Waals surface area contributed by atoms with Crippen LogP contribution in [0.15, 0.2) is 136 Å². The van der Waals surface area contributed by atoms with Gasteiger partial charge in [-0.2, -0.15) is 4.99 Å². The molecule has 0 saturated carbocycles. The average molecular weight is 629 g/mol. The molecule has 1 aliphatic carbocycles. The van der Waals surface area contributed by atoms with Crippen LogP contribution >= 0.6 is 34.8 Å². The minimum absolute atomic E-state index is 0.0509. The Morgan fingerprint density at radius 1 is 0.581 bits per heavy atom. The van der Waals surface area contributed by atoms with Gasteiger partial charge in [-0.15, -0.1) is 0 Å². The number of benzene rings is 3. The third-order valence-electron chi connectivity index (χ3n) is 5.98. The molecule has 0 fully saturated rings. The molecule has 4 aromatic carbocycles. The Labute approximate surface area is 263 Å². The number of fused-ring (bicyclic) bond motifs is 1. The van der Waals surface area contributed by atoms with E-state index in [0.717, 1.165) is 29.2 Å². The van der Waals surface area contributed by atoms with Crippen LogP contribution in [-0.2, 0) is 4.79 Å². The van der Waals surface area contributed by atoms with E-state index in [1.54, 1.807) is 69.8 Å². The van der Waals surface area contributed by atoms with Gasteiger partial charge in [0.25, 0.3) is 0 Å². The smallest absolute Gasteiger partial charge is 0.290 e. The number of aliphatic imine (C=N–C) groups is 1. The summed E-state index contributed by atoms with van der Waals surface area (Å²) in [6.45, 7) is 0. The highest BCUT2D eigenvalue weighted by Gasteiger charge is 2.19. The number of hydrogen-bond acceptors (Lipinski definition) is 4. The monoisotopic (exact) mass is 627 g/mol. The fourth-order valence-corrected chi connectivity index (χ4v) is 4.40. The zero-order valence-electron chi connectivity index (χ0n) is 22.6. The minimum atomic E-state index is -0.133. The molecule has 43 heavy (non-hydrogen) atoms. The van der Waals surface area contributed by atoms with Crippen molar-refractivity contribution in [3.63, 3.8) is 0 Å². The van der Waals surface area contributed by atoms with Gasteiger partial charge in [0.05, 0.1) is 28.5 Å². The fourth-order valence-electron chi connectivity index (χ4n) is 4.03. The second-order valence-electron chi connectivity index (χ2n) is 8.90. The Hall–Kier alpha value is -4.71. The molecule has 0 unspecified atom stereocenters. The molecule has 1 aromatic heterocycles. The molecule has 1 aliphatic rings. The molecule has 9 heteroatoms. The van der Waals surface area contributed by atoms with Gasteiger partial charge in [-0.05, 0) is 104 Å². The summed E-state index contributed by atoms with van der Waals surface area (Å²) in [4.78, 5) is 36.8. The van der Waals surface area contributed by atoms with E-state index in [9.17, 15) is 14.4 Å². The Morgan fingerprint density at radius 2 is 1.00 bits per heavy atom. The summed E-state index contributed by atoms with van der Waals surface area (Å²) in [5, 5.41) is 1.90. The molecule has 0 spiro atoms. The van der Waals surface area contributed by atoms with E-state index in [1.807, 2.05) is 60.7 Å². The van der Waals surface area contributed by atoms with Gasteiger partial charge >= 0.3 is 5.69 Å². The number of allylic oxidation sites excluding steroid dienone is 2. The van der Waals surface area contributed by atoms with Gasteiger partial charge < -0.3 is 0 Å². The van der Waals surface area contributed by atoms with Crippen LogP contribution in [0.2, 0.25) is 15.1 Å². The first-order chi connectivity index (χ1) is 20.9. The van der Waals surface area contributed by atoms with E-state index in [0.29, 0.717) is 20.8 Å². The van der Waals surface area contributed by atoms with Crippen molar-refractivity contribution in [3.05, 3.63) is 169 Å². The Bertz CT molecular complexity index is 1800.